The molecule has 15 heavy (non-hydrogen) atoms. The number of hydrogen-bond acceptors (Lipinski definition) is 1. The van der Waals surface area contributed by atoms with Gasteiger partial charge < -0.3 is 5.11 Å². The minimum Gasteiger partial charge on any atom is -0.388 e. The summed E-state index contributed by atoms with van der Waals surface area (Å²) in [5, 5.41) is 9.91. The van der Waals surface area contributed by atoms with Gasteiger partial charge in [-0.25, -0.2) is 4.39 Å². The van der Waals surface area contributed by atoms with Gasteiger partial charge in [-0.05, 0) is 24.8 Å². The first-order valence-corrected chi connectivity index (χ1v) is 5.68. The van der Waals surface area contributed by atoms with Crippen molar-refractivity contribution in [2.75, 3.05) is 0 Å². The van der Waals surface area contributed by atoms with E-state index >= 15 is 0 Å². The van der Waals surface area contributed by atoms with Crippen molar-refractivity contribution in [2.24, 2.45) is 5.92 Å². The first-order chi connectivity index (χ1) is 7.18. The molecule has 1 aromatic carbocycles. The number of benzene rings is 1. The van der Waals surface area contributed by atoms with Gasteiger partial charge in [0, 0.05) is 5.56 Å². The van der Waals surface area contributed by atoms with Crippen LogP contribution in [-0.2, 0) is 0 Å². The fourth-order valence-corrected chi connectivity index (χ4v) is 1.99. The zero-order valence-corrected chi connectivity index (χ0v) is 9.17. The van der Waals surface area contributed by atoms with E-state index in [1.54, 1.807) is 12.1 Å². The van der Waals surface area contributed by atoms with Crippen LogP contribution < -0.4 is 0 Å². The van der Waals surface area contributed by atoms with Crippen LogP contribution in [0.15, 0.2) is 18.2 Å². The Labute approximate surface area is 93.9 Å². The van der Waals surface area contributed by atoms with Crippen LogP contribution in [-0.4, -0.2) is 5.11 Å². The molecule has 0 aromatic heterocycles. The third-order valence-electron chi connectivity index (χ3n) is 2.89. The highest BCUT2D eigenvalue weighted by Gasteiger charge is 2.23. The van der Waals surface area contributed by atoms with Gasteiger partial charge >= 0.3 is 0 Å². The van der Waals surface area contributed by atoms with E-state index in [0.29, 0.717) is 12.0 Å². The molecule has 1 saturated carbocycles. The van der Waals surface area contributed by atoms with Crippen molar-refractivity contribution in [3.63, 3.8) is 0 Å². The Bertz CT molecular complexity index is 349. The monoisotopic (exact) mass is 228 g/mol. The average molecular weight is 229 g/mol. The molecular formula is C12H14ClFO. The molecule has 1 unspecified atom stereocenters. The summed E-state index contributed by atoms with van der Waals surface area (Å²) in [5.41, 5.74) is 0.511. The lowest BCUT2D eigenvalue weighted by atomic mass is 10.0. The summed E-state index contributed by atoms with van der Waals surface area (Å²) in [6.07, 6.45) is 3.59. The molecule has 0 aliphatic heterocycles. The summed E-state index contributed by atoms with van der Waals surface area (Å²) >= 11 is 5.78. The fourth-order valence-electron chi connectivity index (χ4n) is 1.73. The van der Waals surface area contributed by atoms with E-state index in [4.69, 9.17) is 11.6 Å². The second-order valence-corrected chi connectivity index (χ2v) is 4.56. The van der Waals surface area contributed by atoms with E-state index in [1.165, 1.54) is 18.9 Å². The van der Waals surface area contributed by atoms with Crippen LogP contribution in [0.3, 0.4) is 0 Å². The maximum Gasteiger partial charge on any atom is 0.142 e. The maximum atomic E-state index is 13.1. The first kappa shape index (κ1) is 10.9. The molecule has 3 heteroatoms. The highest BCUT2D eigenvalue weighted by atomic mass is 35.5. The quantitative estimate of drug-likeness (QED) is 0.833. The van der Waals surface area contributed by atoms with E-state index in [9.17, 15) is 9.50 Å². The summed E-state index contributed by atoms with van der Waals surface area (Å²) in [7, 11) is 0. The van der Waals surface area contributed by atoms with Gasteiger partial charge in [-0.1, -0.05) is 36.6 Å². The molecule has 0 spiro atoms. The van der Waals surface area contributed by atoms with Crippen molar-refractivity contribution in [2.45, 2.75) is 31.8 Å². The van der Waals surface area contributed by atoms with E-state index in [0.717, 1.165) is 12.3 Å². The highest BCUT2D eigenvalue weighted by Crippen LogP contribution is 2.37. The molecule has 1 fully saturated rings. The Kier molecular flexibility index (Phi) is 3.27. The van der Waals surface area contributed by atoms with Gasteiger partial charge in [0.05, 0.1) is 11.1 Å². The standard InChI is InChI=1S/C12H14ClFO/c13-12-9(2-1-3-10(12)14)11(15)7-6-8-4-5-8/h1-3,8,11,15H,4-7H2. The van der Waals surface area contributed by atoms with E-state index in [-0.39, 0.29) is 5.02 Å². The van der Waals surface area contributed by atoms with Crippen molar-refractivity contribution in [3.8, 4) is 0 Å². The largest absolute Gasteiger partial charge is 0.388 e. The first-order valence-electron chi connectivity index (χ1n) is 5.30. The van der Waals surface area contributed by atoms with Crippen molar-refractivity contribution in [1.82, 2.24) is 0 Å². The van der Waals surface area contributed by atoms with E-state index in [2.05, 4.69) is 0 Å². The molecular weight excluding hydrogens is 215 g/mol. The minimum atomic E-state index is -0.631. The van der Waals surface area contributed by atoms with Gasteiger partial charge in [0.25, 0.3) is 0 Å². The molecule has 82 valence electrons. The van der Waals surface area contributed by atoms with Gasteiger partial charge in [-0.2, -0.15) is 0 Å². The lowest BCUT2D eigenvalue weighted by molar-refractivity contribution is 0.162. The summed E-state index contributed by atoms with van der Waals surface area (Å²) in [4.78, 5) is 0. The van der Waals surface area contributed by atoms with Crippen molar-refractivity contribution < 1.29 is 9.50 Å². The maximum absolute atomic E-state index is 13.1. The summed E-state index contributed by atoms with van der Waals surface area (Å²) in [5.74, 6) is 0.312. The van der Waals surface area contributed by atoms with Crippen LogP contribution in [0.25, 0.3) is 0 Å². The molecule has 0 saturated heterocycles. The van der Waals surface area contributed by atoms with E-state index < -0.39 is 11.9 Å². The number of aliphatic hydroxyl groups excluding tert-OH is 1. The molecule has 0 bridgehead atoms. The van der Waals surface area contributed by atoms with Crippen molar-refractivity contribution in [3.05, 3.63) is 34.6 Å². The Balaban J connectivity index is 2.02. The van der Waals surface area contributed by atoms with Crippen LogP contribution in [0.2, 0.25) is 5.02 Å². The Morgan fingerprint density at radius 3 is 2.87 bits per heavy atom. The third-order valence-corrected chi connectivity index (χ3v) is 3.28. The van der Waals surface area contributed by atoms with Crippen LogP contribution >= 0.6 is 11.6 Å². The molecule has 0 radical (unpaired) electrons. The van der Waals surface area contributed by atoms with Crippen LogP contribution in [0.1, 0.15) is 37.4 Å². The highest BCUT2D eigenvalue weighted by molar-refractivity contribution is 6.31. The predicted molar refractivity (Wildman–Crippen MR) is 58.3 cm³/mol. The number of aliphatic hydroxyl groups is 1. The van der Waals surface area contributed by atoms with Gasteiger partial charge in [0.15, 0.2) is 0 Å². The molecule has 1 aliphatic rings. The Hall–Kier alpha value is -0.600. The smallest absolute Gasteiger partial charge is 0.142 e. The average Bonchev–Trinajstić information content (AvgIpc) is 3.02. The molecule has 1 aliphatic carbocycles. The zero-order chi connectivity index (χ0) is 10.8. The topological polar surface area (TPSA) is 20.2 Å². The second-order valence-electron chi connectivity index (χ2n) is 4.18. The molecule has 1 N–H and O–H groups in total. The Morgan fingerprint density at radius 1 is 1.47 bits per heavy atom. The van der Waals surface area contributed by atoms with Gasteiger partial charge in [-0.3, -0.25) is 0 Å². The molecule has 0 heterocycles. The van der Waals surface area contributed by atoms with E-state index in [1.807, 2.05) is 0 Å². The molecule has 1 nitrogen and oxygen atoms in total. The summed E-state index contributed by atoms with van der Waals surface area (Å²) < 4.78 is 13.1. The number of halogens is 2. The molecule has 1 aromatic rings. The van der Waals surface area contributed by atoms with Crippen LogP contribution in [0.4, 0.5) is 4.39 Å². The van der Waals surface area contributed by atoms with Gasteiger partial charge in [-0.15, -0.1) is 0 Å². The third kappa shape index (κ3) is 2.70. The summed E-state index contributed by atoms with van der Waals surface area (Å²) in [6.45, 7) is 0. The minimum absolute atomic E-state index is 0.0563. The predicted octanol–water partition coefficient (Wildman–Crippen LogP) is 3.70. The second kappa shape index (κ2) is 4.50. The van der Waals surface area contributed by atoms with Gasteiger partial charge in [0.1, 0.15) is 5.82 Å². The lowest BCUT2D eigenvalue weighted by Crippen LogP contribution is -2.00. The normalized spacial score (nSPS) is 17.8. The van der Waals surface area contributed by atoms with Gasteiger partial charge in [0.2, 0.25) is 0 Å². The van der Waals surface area contributed by atoms with Crippen LogP contribution in [0, 0.1) is 11.7 Å². The molecule has 0 amide bonds. The SMILES string of the molecule is OC(CCC1CC1)c1cccc(F)c1Cl. The molecule has 2 rings (SSSR count). The number of hydrogen-bond donors (Lipinski definition) is 1. The lowest BCUT2D eigenvalue weighted by Gasteiger charge is -2.12. The zero-order valence-electron chi connectivity index (χ0n) is 8.42. The molecule has 1 atom stereocenters. The Morgan fingerprint density at radius 2 is 2.20 bits per heavy atom. The van der Waals surface area contributed by atoms with Crippen molar-refractivity contribution >= 4 is 11.6 Å². The van der Waals surface area contributed by atoms with Crippen molar-refractivity contribution in [1.29, 1.82) is 0 Å². The fraction of sp³-hybridized carbons (Fsp3) is 0.500. The van der Waals surface area contributed by atoms with Crippen LogP contribution in [0.5, 0.6) is 0 Å². The number of rotatable bonds is 4. The summed E-state index contributed by atoms with van der Waals surface area (Å²) in [6, 6.07) is 4.57.